The summed E-state index contributed by atoms with van der Waals surface area (Å²) in [4.78, 5) is 24.9. The van der Waals surface area contributed by atoms with Gasteiger partial charge in [-0.25, -0.2) is 4.79 Å². The molecule has 0 saturated heterocycles. The second kappa shape index (κ2) is 7.12. The fraction of sp³-hybridized carbons (Fsp3) is 0.478. The van der Waals surface area contributed by atoms with E-state index in [0.717, 1.165) is 52.5 Å². The average molecular weight is 381 g/mol. The smallest absolute Gasteiger partial charge is 0.340 e. The lowest BCUT2D eigenvalue weighted by Gasteiger charge is -2.11. The van der Waals surface area contributed by atoms with Gasteiger partial charge in [0.25, 0.3) is 0 Å². The van der Waals surface area contributed by atoms with Crippen LogP contribution in [0.4, 0.5) is 0 Å². The highest BCUT2D eigenvalue weighted by Crippen LogP contribution is 2.37. The maximum Gasteiger partial charge on any atom is 0.340 e. The Morgan fingerprint density at radius 3 is 2.54 bits per heavy atom. The van der Waals surface area contributed by atoms with E-state index in [-0.39, 0.29) is 12.3 Å². The summed E-state index contributed by atoms with van der Waals surface area (Å²) in [5.41, 5.74) is 4.35. The summed E-state index contributed by atoms with van der Waals surface area (Å²) in [7, 11) is 0. The van der Waals surface area contributed by atoms with E-state index < -0.39 is 5.63 Å². The largest absolute Gasteiger partial charge is 0.460 e. The Hall–Kier alpha value is -2.56. The van der Waals surface area contributed by atoms with Crippen LogP contribution < -0.4 is 10.9 Å². The molecule has 1 aromatic carbocycles. The van der Waals surface area contributed by atoms with Crippen molar-refractivity contribution >= 4 is 27.8 Å². The minimum Gasteiger partial charge on any atom is -0.460 e. The topological polar surface area (TPSA) is 72.5 Å². The van der Waals surface area contributed by atoms with Crippen LogP contribution in [0, 0.1) is 19.8 Å². The van der Waals surface area contributed by atoms with Gasteiger partial charge in [-0.15, -0.1) is 0 Å². The van der Waals surface area contributed by atoms with Crippen LogP contribution in [0.15, 0.2) is 19.7 Å². The molecular formula is C23H27NO4. The molecule has 5 heteroatoms. The predicted molar refractivity (Wildman–Crippen MR) is 110 cm³/mol. The molecule has 3 aromatic rings. The number of fused-ring (bicyclic) bond motifs is 4. The molecule has 0 bridgehead atoms. The van der Waals surface area contributed by atoms with Crippen molar-refractivity contribution in [1.29, 1.82) is 0 Å². The molecule has 1 N–H and O–H groups in total. The van der Waals surface area contributed by atoms with Crippen molar-refractivity contribution in [3.8, 4) is 0 Å². The summed E-state index contributed by atoms with van der Waals surface area (Å²) in [6.07, 6.45) is 4.34. The van der Waals surface area contributed by atoms with Crippen molar-refractivity contribution in [2.45, 2.75) is 59.8 Å². The predicted octanol–water partition coefficient (Wildman–Crippen LogP) is 4.35. The molecule has 5 nitrogen and oxygen atoms in total. The van der Waals surface area contributed by atoms with Crippen molar-refractivity contribution in [1.82, 2.24) is 5.32 Å². The molecule has 0 atom stereocenters. The van der Waals surface area contributed by atoms with Crippen molar-refractivity contribution in [3.05, 3.63) is 44.5 Å². The van der Waals surface area contributed by atoms with Gasteiger partial charge in [0.05, 0.1) is 12.0 Å². The monoisotopic (exact) mass is 381 g/mol. The van der Waals surface area contributed by atoms with E-state index in [4.69, 9.17) is 8.83 Å². The van der Waals surface area contributed by atoms with Gasteiger partial charge in [0.15, 0.2) is 0 Å². The minimum atomic E-state index is -0.441. The van der Waals surface area contributed by atoms with Crippen LogP contribution >= 0.6 is 0 Å². The van der Waals surface area contributed by atoms with Crippen LogP contribution in [-0.2, 0) is 24.1 Å². The number of rotatable bonds is 4. The van der Waals surface area contributed by atoms with Crippen LogP contribution in [0.2, 0.25) is 0 Å². The van der Waals surface area contributed by atoms with Crippen LogP contribution in [0.3, 0.4) is 0 Å². The number of aryl methyl sites for hydroxylation is 4. The number of furan rings is 1. The lowest BCUT2D eigenvalue weighted by Crippen LogP contribution is -2.30. The van der Waals surface area contributed by atoms with Gasteiger partial charge in [-0.3, -0.25) is 4.79 Å². The van der Waals surface area contributed by atoms with Crippen LogP contribution in [0.25, 0.3) is 21.9 Å². The molecule has 0 aliphatic heterocycles. The fourth-order valence-electron chi connectivity index (χ4n) is 4.16. The van der Waals surface area contributed by atoms with Gasteiger partial charge in [0.1, 0.15) is 16.9 Å². The van der Waals surface area contributed by atoms with Crippen molar-refractivity contribution in [3.63, 3.8) is 0 Å². The van der Waals surface area contributed by atoms with Gasteiger partial charge in [-0.05, 0) is 50.7 Å². The standard InChI is InChI=1S/C23H27NO4/c1-12(2)11-24-20(25)10-17-13(3)16-9-18-15-7-5-6-8-19(15)27-22(18)14(4)21(16)28-23(17)26/h9,12H,5-8,10-11H2,1-4H3,(H,24,25). The Kier molecular flexibility index (Phi) is 4.77. The van der Waals surface area contributed by atoms with Gasteiger partial charge in [-0.2, -0.15) is 0 Å². The summed E-state index contributed by atoms with van der Waals surface area (Å²) in [6, 6.07) is 2.08. The van der Waals surface area contributed by atoms with Crippen molar-refractivity contribution in [2.24, 2.45) is 5.92 Å². The Bertz CT molecular complexity index is 1130. The fourth-order valence-corrected chi connectivity index (χ4v) is 4.16. The molecular weight excluding hydrogens is 354 g/mol. The number of nitrogens with one attached hydrogen (secondary N) is 1. The van der Waals surface area contributed by atoms with E-state index in [9.17, 15) is 9.59 Å². The quantitative estimate of drug-likeness (QED) is 0.682. The molecule has 0 radical (unpaired) electrons. The van der Waals surface area contributed by atoms with E-state index in [1.54, 1.807) is 0 Å². The second-order valence-corrected chi connectivity index (χ2v) is 8.33. The molecule has 1 aliphatic carbocycles. The van der Waals surface area contributed by atoms with E-state index in [2.05, 4.69) is 11.4 Å². The molecule has 0 fully saturated rings. The number of carbonyl (C=O) groups is 1. The van der Waals surface area contributed by atoms with E-state index in [1.165, 1.54) is 12.0 Å². The third kappa shape index (κ3) is 3.13. The zero-order chi connectivity index (χ0) is 20.0. The first kappa shape index (κ1) is 18.8. The number of amides is 1. The highest BCUT2D eigenvalue weighted by molar-refractivity contribution is 6.00. The first-order chi connectivity index (χ1) is 13.4. The van der Waals surface area contributed by atoms with Gasteiger partial charge >= 0.3 is 5.63 Å². The van der Waals surface area contributed by atoms with Crippen LogP contribution in [0.5, 0.6) is 0 Å². The summed E-state index contributed by atoms with van der Waals surface area (Å²) in [5, 5.41) is 4.89. The van der Waals surface area contributed by atoms with Crippen molar-refractivity contribution < 1.29 is 13.6 Å². The summed E-state index contributed by atoms with van der Waals surface area (Å²) in [5.74, 6) is 1.27. The molecule has 0 saturated carbocycles. The normalized spacial score (nSPS) is 14.0. The van der Waals surface area contributed by atoms with Gasteiger partial charge in [0.2, 0.25) is 5.91 Å². The molecule has 2 heterocycles. The SMILES string of the molecule is Cc1c(CC(=O)NCC(C)C)c(=O)oc2c(C)c3oc4c(c3cc12)CCCC4. The molecule has 28 heavy (non-hydrogen) atoms. The van der Waals surface area contributed by atoms with Gasteiger partial charge in [-0.1, -0.05) is 13.8 Å². The molecule has 148 valence electrons. The Labute approximate surface area is 164 Å². The van der Waals surface area contributed by atoms with E-state index >= 15 is 0 Å². The molecule has 2 aromatic heterocycles. The molecule has 0 spiro atoms. The van der Waals surface area contributed by atoms with Gasteiger partial charge in [0, 0.05) is 34.9 Å². The third-order valence-electron chi connectivity index (χ3n) is 5.77. The molecule has 4 rings (SSSR count). The second-order valence-electron chi connectivity index (χ2n) is 8.33. The molecule has 0 unspecified atom stereocenters. The van der Waals surface area contributed by atoms with Crippen molar-refractivity contribution in [2.75, 3.05) is 6.54 Å². The zero-order valence-electron chi connectivity index (χ0n) is 17.0. The minimum absolute atomic E-state index is 0.0391. The summed E-state index contributed by atoms with van der Waals surface area (Å²) < 4.78 is 11.8. The number of hydrogen-bond donors (Lipinski definition) is 1. The maximum absolute atomic E-state index is 12.6. The lowest BCUT2D eigenvalue weighted by molar-refractivity contribution is -0.120. The van der Waals surface area contributed by atoms with Crippen LogP contribution in [0.1, 0.15) is 54.7 Å². The Morgan fingerprint density at radius 2 is 1.79 bits per heavy atom. The lowest BCUT2D eigenvalue weighted by atomic mass is 9.93. The summed E-state index contributed by atoms with van der Waals surface area (Å²) in [6.45, 7) is 8.52. The van der Waals surface area contributed by atoms with E-state index in [1.807, 2.05) is 27.7 Å². The highest BCUT2D eigenvalue weighted by Gasteiger charge is 2.23. The maximum atomic E-state index is 12.6. The first-order valence-corrected chi connectivity index (χ1v) is 10.1. The number of hydrogen-bond acceptors (Lipinski definition) is 4. The molecule has 1 amide bonds. The molecule has 1 aliphatic rings. The highest BCUT2D eigenvalue weighted by atomic mass is 16.4. The Morgan fingerprint density at radius 1 is 1.07 bits per heavy atom. The number of carbonyl (C=O) groups excluding carboxylic acids is 1. The third-order valence-corrected chi connectivity index (χ3v) is 5.77. The Balaban J connectivity index is 1.84. The average Bonchev–Trinajstić information content (AvgIpc) is 3.04. The zero-order valence-corrected chi connectivity index (χ0v) is 17.0. The summed E-state index contributed by atoms with van der Waals surface area (Å²) >= 11 is 0. The van der Waals surface area contributed by atoms with E-state index in [0.29, 0.717) is 23.6 Å². The van der Waals surface area contributed by atoms with Gasteiger partial charge < -0.3 is 14.2 Å². The number of benzene rings is 1. The first-order valence-electron chi connectivity index (χ1n) is 10.1. The van der Waals surface area contributed by atoms with Crippen LogP contribution in [-0.4, -0.2) is 12.5 Å².